The third-order valence-electron chi connectivity index (χ3n) is 1.83. The van der Waals surface area contributed by atoms with Crippen LogP contribution < -0.4 is 0 Å². The second-order valence-corrected chi connectivity index (χ2v) is 3.60. The second kappa shape index (κ2) is 5.42. The lowest BCUT2D eigenvalue weighted by molar-refractivity contribution is 0.369. The van der Waals surface area contributed by atoms with E-state index in [4.69, 9.17) is 38.5 Å². The number of ether oxygens (including phenoxy) is 1. The van der Waals surface area contributed by atoms with Gasteiger partial charge in [0.25, 0.3) is 0 Å². The maximum atomic E-state index is 8.75. The summed E-state index contributed by atoms with van der Waals surface area (Å²) in [7, 11) is 1.37. The molecule has 0 fully saturated rings. The summed E-state index contributed by atoms with van der Waals surface area (Å²) in [5, 5.41) is 18.3. The summed E-state index contributed by atoms with van der Waals surface area (Å²) in [6, 6.07) is 8.21. The zero-order valence-corrected chi connectivity index (χ0v) is 9.80. The van der Waals surface area contributed by atoms with Crippen LogP contribution in [-0.4, -0.2) is 7.11 Å². The first-order valence-corrected chi connectivity index (χ1v) is 4.93. The Hall–Kier alpha value is -1.68. The van der Waals surface area contributed by atoms with Crippen molar-refractivity contribution in [1.82, 2.24) is 0 Å². The number of hydrogen-bond donors (Lipinski definition) is 0. The van der Waals surface area contributed by atoms with Crippen LogP contribution in [0.3, 0.4) is 0 Å². The highest BCUT2D eigenvalue weighted by Gasteiger charge is 2.13. The Morgan fingerprint density at radius 2 is 1.88 bits per heavy atom. The number of rotatable bonds is 2. The van der Waals surface area contributed by atoms with E-state index in [0.29, 0.717) is 15.6 Å². The first-order valence-electron chi connectivity index (χ1n) is 4.18. The third-order valence-corrected chi connectivity index (χ3v) is 2.38. The van der Waals surface area contributed by atoms with Crippen LogP contribution in [0.2, 0.25) is 10.0 Å². The number of halogens is 2. The van der Waals surface area contributed by atoms with Crippen LogP contribution in [0.1, 0.15) is 5.56 Å². The van der Waals surface area contributed by atoms with Crippen LogP contribution in [0.25, 0.3) is 5.76 Å². The van der Waals surface area contributed by atoms with E-state index in [9.17, 15) is 0 Å². The average molecular weight is 253 g/mol. The van der Waals surface area contributed by atoms with Crippen LogP contribution in [-0.2, 0) is 4.74 Å². The van der Waals surface area contributed by atoms with E-state index in [-0.39, 0.29) is 11.3 Å². The van der Waals surface area contributed by atoms with Gasteiger partial charge in [-0.25, -0.2) is 0 Å². The minimum absolute atomic E-state index is 0.133. The largest absolute Gasteiger partial charge is 0.494 e. The van der Waals surface area contributed by atoms with Gasteiger partial charge in [-0.2, -0.15) is 10.5 Å². The molecule has 0 saturated carbocycles. The van der Waals surface area contributed by atoms with Crippen LogP contribution in [0.15, 0.2) is 23.8 Å². The number of hydrogen-bond acceptors (Lipinski definition) is 3. The van der Waals surface area contributed by atoms with Gasteiger partial charge in [0.15, 0.2) is 11.3 Å². The molecule has 0 atom stereocenters. The number of methoxy groups -OCH3 is 1. The zero-order valence-electron chi connectivity index (χ0n) is 8.29. The molecule has 0 saturated heterocycles. The molecule has 16 heavy (non-hydrogen) atoms. The molecule has 0 amide bonds. The zero-order chi connectivity index (χ0) is 12.1. The lowest BCUT2D eigenvalue weighted by atomic mass is 10.1. The van der Waals surface area contributed by atoms with Gasteiger partial charge in [0.1, 0.15) is 12.1 Å². The Morgan fingerprint density at radius 1 is 1.25 bits per heavy atom. The molecule has 1 rings (SSSR count). The Kier molecular flexibility index (Phi) is 4.19. The number of benzene rings is 1. The maximum absolute atomic E-state index is 8.75. The lowest BCUT2D eigenvalue weighted by Crippen LogP contribution is -1.93. The van der Waals surface area contributed by atoms with Gasteiger partial charge >= 0.3 is 0 Å². The molecule has 0 aliphatic carbocycles. The molecule has 3 nitrogen and oxygen atoms in total. The molecule has 0 aliphatic rings. The van der Waals surface area contributed by atoms with Crippen molar-refractivity contribution in [2.45, 2.75) is 0 Å². The van der Waals surface area contributed by atoms with Crippen molar-refractivity contribution in [1.29, 1.82) is 10.5 Å². The standard InChI is InChI=1S/C11H6Cl2N2O/c1-16-11(7(5-14)6-15)9-3-2-8(12)4-10(9)13/h2-4H,1H3. The van der Waals surface area contributed by atoms with E-state index in [2.05, 4.69) is 0 Å². The Morgan fingerprint density at radius 3 is 2.31 bits per heavy atom. The van der Waals surface area contributed by atoms with Crippen LogP contribution >= 0.6 is 23.2 Å². The summed E-state index contributed by atoms with van der Waals surface area (Å²) in [6.45, 7) is 0. The van der Waals surface area contributed by atoms with Crippen molar-refractivity contribution < 1.29 is 4.74 Å². The van der Waals surface area contributed by atoms with E-state index in [1.165, 1.54) is 13.2 Å². The summed E-state index contributed by atoms with van der Waals surface area (Å²) in [5.41, 5.74) is 0.332. The van der Waals surface area contributed by atoms with E-state index >= 15 is 0 Å². The van der Waals surface area contributed by atoms with E-state index in [0.717, 1.165) is 0 Å². The topological polar surface area (TPSA) is 56.8 Å². The molecule has 5 heteroatoms. The monoisotopic (exact) mass is 252 g/mol. The van der Waals surface area contributed by atoms with Crippen molar-refractivity contribution in [2.24, 2.45) is 0 Å². The van der Waals surface area contributed by atoms with Crippen molar-refractivity contribution in [3.8, 4) is 12.1 Å². The van der Waals surface area contributed by atoms with E-state index in [1.807, 2.05) is 0 Å². The molecule has 0 spiro atoms. The van der Waals surface area contributed by atoms with Gasteiger partial charge in [0, 0.05) is 10.6 Å². The summed E-state index contributed by atoms with van der Waals surface area (Å²) < 4.78 is 5.01. The molecule has 0 aliphatic heterocycles. The van der Waals surface area contributed by atoms with Gasteiger partial charge in [-0.05, 0) is 18.2 Å². The first-order chi connectivity index (χ1) is 7.63. The lowest BCUT2D eigenvalue weighted by Gasteiger charge is -2.08. The highest BCUT2D eigenvalue weighted by Crippen LogP contribution is 2.29. The predicted molar refractivity (Wildman–Crippen MR) is 61.6 cm³/mol. The van der Waals surface area contributed by atoms with Crippen molar-refractivity contribution >= 4 is 29.0 Å². The van der Waals surface area contributed by atoms with Gasteiger partial charge < -0.3 is 4.74 Å². The van der Waals surface area contributed by atoms with Gasteiger partial charge in [-0.3, -0.25) is 0 Å². The molecular formula is C11H6Cl2N2O. The SMILES string of the molecule is COC(=C(C#N)C#N)c1ccc(Cl)cc1Cl. The van der Waals surface area contributed by atoms with Crippen LogP contribution in [0.5, 0.6) is 0 Å². The Bertz CT molecular complexity index is 508. The smallest absolute Gasteiger partial charge is 0.172 e. The third kappa shape index (κ3) is 2.46. The van der Waals surface area contributed by atoms with E-state index < -0.39 is 0 Å². The fourth-order valence-electron chi connectivity index (χ4n) is 1.15. The maximum Gasteiger partial charge on any atom is 0.172 e. The van der Waals surface area contributed by atoms with Crippen molar-refractivity contribution in [3.05, 3.63) is 39.4 Å². The molecule has 1 aromatic carbocycles. The molecule has 0 heterocycles. The molecular weight excluding hydrogens is 247 g/mol. The van der Waals surface area contributed by atoms with Gasteiger partial charge in [-0.1, -0.05) is 23.2 Å². The highest BCUT2D eigenvalue weighted by atomic mass is 35.5. The fourth-order valence-corrected chi connectivity index (χ4v) is 1.64. The molecule has 80 valence electrons. The Labute approximate surface area is 103 Å². The average Bonchev–Trinajstić information content (AvgIpc) is 2.27. The second-order valence-electron chi connectivity index (χ2n) is 2.76. The fraction of sp³-hybridized carbons (Fsp3) is 0.0909. The molecule has 1 aromatic rings. The summed E-state index contributed by atoms with van der Waals surface area (Å²) in [4.78, 5) is 0. The predicted octanol–water partition coefficient (Wildman–Crippen LogP) is 3.40. The van der Waals surface area contributed by atoms with Crippen LogP contribution in [0.4, 0.5) is 0 Å². The number of nitriles is 2. The summed E-state index contributed by atoms with van der Waals surface area (Å²) in [5.74, 6) is 0.145. The van der Waals surface area contributed by atoms with Crippen molar-refractivity contribution in [3.63, 3.8) is 0 Å². The quantitative estimate of drug-likeness (QED) is 0.599. The van der Waals surface area contributed by atoms with Gasteiger partial charge in [0.2, 0.25) is 0 Å². The van der Waals surface area contributed by atoms with Gasteiger partial charge in [-0.15, -0.1) is 0 Å². The molecule has 0 aromatic heterocycles. The Balaban J connectivity index is 3.43. The van der Waals surface area contributed by atoms with Crippen LogP contribution in [0, 0.1) is 22.7 Å². The summed E-state index contributed by atoms with van der Waals surface area (Å²) in [6.07, 6.45) is 0. The normalized spacial score (nSPS) is 8.81. The van der Waals surface area contributed by atoms with Gasteiger partial charge in [0.05, 0.1) is 12.1 Å². The minimum atomic E-state index is -0.133. The molecule has 0 radical (unpaired) electrons. The summed E-state index contributed by atoms with van der Waals surface area (Å²) >= 11 is 11.7. The minimum Gasteiger partial charge on any atom is -0.494 e. The van der Waals surface area contributed by atoms with Crippen molar-refractivity contribution in [2.75, 3.05) is 7.11 Å². The first kappa shape index (κ1) is 12.4. The number of allylic oxidation sites excluding steroid dienone is 1. The molecule has 0 N–H and O–H groups in total. The highest BCUT2D eigenvalue weighted by molar-refractivity contribution is 6.35. The number of nitrogens with zero attached hydrogens (tertiary/aromatic N) is 2. The molecule has 0 bridgehead atoms. The molecule has 0 unspecified atom stereocenters. The van der Waals surface area contributed by atoms with E-state index in [1.54, 1.807) is 24.3 Å².